The monoisotopic (exact) mass is 327 g/mol. The Labute approximate surface area is 129 Å². The number of aromatic nitrogens is 2. The van der Waals surface area contributed by atoms with Gasteiger partial charge in [0.1, 0.15) is 0 Å². The first-order valence-corrected chi connectivity index (χ1v) is 8.86. The molecule has 0 aromatic carbocycles. The second kappa shape index (κ2) is 5.64. The fraction of sp³-hybridized carbons (Fsp3) is 0.692. The molecule has 0 radical (unpaired) electrons. The van der Waals surface area contributed by atoms with Crippen LogP contribution in [0, 0.1) is 11.8 Å². The van der Waals surface area contributed by atoms with Crippen molar-refractivity contribution in [1.82, 2.24) is 19.2 Å². The lowest BCUT2D eigenvalue weighted by Crippen LogP contribution is -2.40. The van der Waals surface area contributed by atoms with E-state index in [1.54, 1.807) is 16.5 Å². The number of amides is 1. The van der Waals surface area contributed by atoms with E-state index in [2.05, 4.69) is 9.71 Å². The predicted octanol–water partition coefficient (Wildman–Crippen LogP) is -1.11. The lowest BCUT2D eigenvalue weighted by molar-refractivity contribution is -0.129. The molecule has 1 aliphatic heterocycles. The van der Waals surface area contributed by atoms with Crippen LogP contribution in [-0.4, -0.2) is 54.5 Å². The lowest BCUT2D eigenvalue weighted by Gasteiger charge is -2.18. The van der Waals surface area contributed by atoms with Gasteiger partial charge in [-0.05, 0) is 24.7 Å². The number of hydrogen-bond donors (Lipinski definition) is 2. The number of carbonyl (C=O) groups is 1. The van der Waals surface area contributed by atoms with Crippen LogP contribution in [0.5, 0.6) is 0 Å². The van der Waals surface area contributed by atoms with E-state index in [0.29, 0.717) is 24.9 Å². The van der Waals surface area contributed by atoms with Gasteiger partial charge in [-0.15, -0.1) is 0 Å². The molecule has 1 aromatic heterocycles. The average Bonchev–Trinajstić information content (AvgIpc) is 3.14. The van der Waals surface area contributed by atoms with Crippen LogP contribution in [-0.2, 0) is 21.9 Å². The average molecular weight is 327 g/mol. The minimum atomic E-state index is -3.75. The molecule has 3 unspecified atom stereocenters. The van der Waals surface area contributed by atoms with E-state index >= 15 is 0 Å². The van der Waals surface area contributed by atoms with E-state index in [1.807, 2.05) is 0 Å². The number of rotatable bonds is 4. The van der Waals surface area contributed by atoms with E-state index in [9.17, 15) is 13.2 Å². The number of sulfonamides is 1. The first-order valence-electron chi connectivity index (χ1n) is 7.38. The largest absolute Gasteiger partial charge is 0.341 e. The third-order valence-electron chi connectivity index (χ3n) is 4.63. The van der Waals surface area contributed by atoms with E-state index in [4.69, 9.17) is 5.73 Å². The number of imidazole rings is 1. The third kappa shape index (κ3) is 2.88. The van der Waals surface area contributed by atoms with Crippen molar-refractivity contribution in [3.63, 3.8) is 0 Å². The molecule has 2 fully saturated rings. The Morgan fingerprint density at radius 1 is 1.45 bits per heavy atom. The zero-order valence-electron chi connectivity index (χ0n) is 12.5. The Balaban J connectivity index is 1.57. The molecule has 122 valence electrons. The Kier molecular flexibility index (Phi) is 3.96. The normalized spacial score (nSPS) is 28.1. The quantitative estimate of drug-likeness (QED) is 0.729. The van der Waals surface area contributed by atoms with Gasteiger partial charge in [-0.1, -0.05) is 0 Å². The summed E-state index contributed by atoms with van der Waals surface area (Å²) in [6, 6.07) is 0.160. The molecule has 1 saturated carbocycles. The molecule has 3 N–H and O–H groups in total. The summed E-state index contributed by atoms with van der Waals surface area (Å²) in [6.07, 6.45) is 4.87. The maximum absolute atomic E-state index is 12.2. The van der Waals surface area contributed by atoms with Gasteiger partial charge in [0.25, 0.3) is 10.0 Å². The van der Waals surface area contributed by atoms with Crippen LogP contribution in [0.15, 0.2) is 17.6 Å². The maximum Gasteiger partial charge on any atom is 0.260 e. The minimum Gasteiger partial charge on any atom is -0.341 e. The van der Waals surface area contributed by atoms with Crippen LogP contribution < -0.4 is 10.5 Å². The van der Waals surface area contributed by atoms with Gasteiger partial charge in [-0.3, -0.25) is 4.79 Å². The highest BCUT2D eigenvalue weighted by Gasteiger charge is 2.42. The van der Waals surface area contributed by atoms with Crippen LogP contribution in [0.25, 0.3) is 0 Å². The molecular formula is C13H21N5O3S. The summed E-state index contributed by atoms with van der Waals surface area (Å²) in [5, 5.41) is -0.0805. The molecule has 8 nitrogen and oxygen atoms in total. The second-order valence-electron chi connectivity index (χ2n) is 6.17. The van der Waals surface area contributed by atoms with Crippen molar-refractivity contribution < 1.29 is 13.2 Å². The topological polar surface area (TPSA) is 110 Å². The number of aryl methyl sites for hydroxylation is 1. The van der Waals surface area contributed by atoms with E-state index < -0.39 is 10.0 Å². The Morgan fingerprint density at radius 3 is 2.86 bits per heavy atom. The smallest absolute Gasteiger partial charge is 0.260 e. The molecule has 0 spiro atoms. The number of nitrogens with two attached hydrogens (primary N) is 1. The number of nitrogens with zero attached hydrogens (tertiary/aromatic N) is 3. The van der Waals surface area contributed by atoms with Crippen molar-refractivity contribution in [3.8, 4) is 0 Å². The van der Waals surface area contributed by atoms with Crippen LogP contribution in [0.2, 0.25) is 0 Å². The van der Waals surface area contributed by atoms with Gasteiger partial charge in [0.2, 0.25) is 5.91 Å². The van der Waals surface area contributed by atoms with Crippen LogP contribution in [0.4, 0.5) is 0 Å². The van der Waals surface area contributed by atoms with Crippen molar-refractivity contribution in [2.75, 3.05) is 19.6 Å². The minimum absolute atomic E-state index is 0.0805. The summed E-state index contributed by atoms with van der Waals surface area (Å²) < 4.78 is 27.9. The van der Waals surface area contributed by atoms with Gasteiger partial charge in [0.15, 0.2) is 5.03 Å². The number of likely N-dealkylation sites (tertiary alicyclic amines) is 1. The van der Waals surface area contributed by atoms with Crippen molar-refractivity contribution in [2.45, 2.75) is 23.9 Å². The molecule has 1 amide bonds. The number of nitrogens with one attached hydrogen (secondary N) is 1. The SMILES string of the molecule is Cn1cnc(S(=O)(=O)NCC(=O)N2CC3CCC(N)C3C2)c1. The summed E-state index contributed by atoms with van der Waals surface area (Å²) in [5.74, 6) is 0.615. The summed E-state index contributed by atoms with van der Waals surface area (Å²) in [5.41, 5.74) is 6.04. The first kappa shape index (κ1) is 15.4. The summed E-state index contributed by atoms with van der Waals surface area (Å²) in [4.78, 5) is 17.7. The highest BCUT2D eigenvalue weighted by molar-refractivity contribution is 7.89. The zero-order chi connectivity index (χ0) is 15.9. The Bertz CT molecular complexity index is 671. The van der Waals surface area contributed by atoms with Crippen molar-refractivity contribution in [1.29, 1.82) is 0 Å². The molecule has 3 rings (SSSR count). The summed E-state index contributed by atoms with van der Waals surface area (Å²) in [6.45, 7) is 1.08. The Morgan fingerprint density at radius 2 is 2.23 bits per heavy atom. The van der Waals surface area contributed by atoms with Crippen LogP contribution >= 0.6 is 0 Å². The number of fused-ring (bicyclic) bond motifs is 1. The molecule has 0 bridgehead atoms. The zero-order valence-corrected chi connectivity index (χ0v) is 13.3. The van der Waals surface area contributed by atoms with Gasteiger partial charge in [-0.2, -0.15) is 0 Å². The van der Waals surface area contributed by atoms with Gasteiger partial charge >= 0.3 is 0 Å². The van der Waals surface area contributed by atoms with E-state index in [1.165, 1.54) is 12.5 Å². The molecule has 22 heavy (non-hydrogen) atoms. The van der Waals surface area contributed by atoms with Crippen LogP contribution in [0.3, 0.4) is 0 Å². The van der Waals surface area contributed by atoms with Crippen molar-refractivity contribution in [3.05, 3.63) is 12.5 Å². The molecule has 2 heterocycles. The van der Waals surface area contributed by atoms with Gasteiger partial charge in [0, 0.05) is 32.4 Å². The van der Waals surface area contributed by atoms with Crippen molar-refractivity contribution >= 4 is 15.9 Å². The van der Waals surface area contributed by atoms with Gasteiger partial charge in [0.05, 0.1) is 12.9 Å². The van der Waals surface area contributed by atoms with Gasteiger partial charge in [-0.25, -0.2) is 18.1 Å². The standard InChI is InChI=1S/C13H21N5O3S/c1-17-7-12(15-8-17)22(20,21)16-4-13(19)18-5-9-2-3-11(14)10(9)6-18/h7-11,16H,2-6,14H2,1H3. The van der Waals surface area contributed by atoms with Gasteiger partial charge < -0.3 is 15.2 Å². The molecule has 3 atom stereocenters. The summed E-state index contributed by atoms with van der Waals surface area (Å²) >= 11 is 0. The molecule has 9 heteroatoms. The first-order chi connectivity index (χ1) is 10.4. The lowest BCUT2D eigenvalue weighted by atomic mass is 9.98. The third-order valence-corrected chi connectivity index (χ3v) is 5.92. The maximum atomic E-state index is 12.2. The molecular weight excluding hydrogens is 306 g/mol. The molecule has 2 aliphatic rings. The molecule has 1 aliphatic carbocycles. The van der Waals surface area contributed by atoms with Crippen LogP contribution in [0.1, 0.15) is 12.8 Å². The highest BCUT2D eigenvalue weighted by atomic mass is 32.2. The summed E-state index contributed by atoms with van der Waals surface area (Å²) in [7, 11) is -2.06. The molecule has 1 saturated heterocycles. The van der Waals surface area contributed by atoms with E-state index in [-0.39, 0.29) is 23.5 Å². The van der Waals surface area contributed by atoms with Crippen molar-refractivity contribution in [2.24, 2.45) is 24.6 Å². The molecule has 1 aromatic rings. The fourth-order valence-corrected chi connectivity index (χ4v) is 4.33. The van der Waals surface area contributed by atoms with E-state index in [0.717, 1.165) is 12.8 Å². The number of hydrogen-bond acceptors (Lipinski definition) is 5. The second-order valence-corrected chi connectivity index (χ2v) is 7.88. The number of carbonyl (C=O) groups excluding carboxylic acids is 1. The fourth-order valence-electron chi connectivity index (χ4n) is 3.38. The highest BCUT2D eigenvalue weighted by Crippen LogP contribution is 2.36. The Hall–Kier alpha value is -1.45. The predicted molar refractivity (Wildman–Crippen MR) is 79.2 cm³/mol.